The van der Waals surface area contributed by atoms with Crippen molar-refractivity contribution >= 4 is 12.0 Å². The highest BCUT2D eigenvalue weighted by Gasteiger charge is 2.28. The number of carbonyl (C=O) groups excluding carboxylic acids is 2. The van der Waals surface area contributed by atoms with E-state index < -0.39 is 11.7 Å². The third kappa shape index (κ3) is 7.32. The molecule has 122 valence electrons. The lowest BCUT2D eigenvalue weighted by atomic mass is 10.2. The van der Waals surface area contributed by atoms with E-state index in [1.807, 2.05) is 20.8 Å². The number of alkyl carbamates (subject to hydrolysis) is 1. The molecule has 0 heterocycles. The van der Waals surface area contributed by atoms with Gasteiger partial charge in [0, 0.05) is 20.1 Å². The van der Waals surface area contributed by atoms with Gasteiger partial charge in [-0.15, -0.1) is 0 Å². The Morgan fingerprint density at radius 3 is 2.57 bits per heavy atom. The number of hydrogen-bond donors (Lipinski definition) is 2. The fraction of sp³-hybridized carbons (Fsp3) is 0.867. The first kappa shape index (κ1) is 17.8. The molecule has 1 saturated carbocycles. The van der Waals surface area contributed by atoms with Gasteiger partial charge in [-0.05, 0) is 46.5 Å². The molecule has 1 fully saturated rings. The summed E-state index contributed by atoms with van der Waals surface area (Å²) in [6.45, 7) is 5.87. The molecule has 0 aromatic rings. The van der Waals surface area contributed by atoms with Gasteiger partial charge in [0.05, 0.1) is 12.1 Å². The highest BCUT2D eigenvalue weighted by atomic mass is 16.6. The summed E-state index contributed by atoms with van der Waals surface area (Å²) in [5.74, 6) is 0.00920. The van der Waals surface area contributed by atoms with Crippen molar-refractivity contribution in [3.8, 4) is 0 Å². The fourth-order valence-corrected chi connectivity index (χ4v) is 2.41. The molecule has 1 aliphatic carbocycles. The summed E-state index contributed by atoms with van der Waals surface area (Å²) in [6, 6.07) is 0.126. The van der Waals surface area contributed by atoms with E-state index in [9.17, 15) is 9.59 Å². The van der Waals surface area contributed by atoms with Gasteiger partial charge in [-0.25, -0.2) is 4.79 Å². The minimum Gasteiger partial charge on any atom is -0.444 e. The molecule has 1 rings (SSSR count). The lowest BCUT2D eigenvalue weighted by molar-refractivity contribution is -0.122. The van der Waals surface area contributed by atoms with Crippen molar-refractivity contribution in [2.45, 2.75) is 70.6 Å². The monoisotopic (exact) mass is 300 g/mol. The van der Waals surface area contributed by atoms with E-state index in [0.717, 1.165) is 19.3 Å². The maximum Gasteiger partial charge on any atom is 0.407 e. The molecule has 0 radical (unpaired) electrons. The van der Waals surface area contributed by atoms with Gasteiger partial charge in [0.1, 0.15) is 5.60 Å². The topological polar surface area (TPSA) is 76.7 Å². The van der Waals surface area contributed by atoms with Crippen molar-refractivity contribution < 1.29 is 19.1 Å². The van der Waals surface area contributed by atoms with Crippen LogP contribution in [0.1, 0.15) is 52.9 Å². The second-order valence-electron chi connectivity index (χ2n) is 6.41. The minimum atomic E-state index is -0.501. The second kappa shape index (κ2) is 8.22. The predicted molar refractivity (Wildman–Crippen MR) is 80.0 cm³/mol. The Balaban J connectivity index is 2.12. The Hall–Kier alpha value is -1.30. The molecular weight excluding hydrogens is 272 g/mol. The zero-order chi connectivity index (χ0) is 15.9. The quantitative estimate of drug-likeness (QED) is 0.735. The SMILES string of the molecule is COC1CCCC1NC(=O)CCCNC(=O)OC(C)(C)C. The van der Waals surface area contributed by atoms with Crippen LogP contribution in [0.3, 0.4) is 0 Å². The van der Waals surface area contributed by atoms with Gasteiger partial charge in [-0.2, -0.15) is 0 Å². The first-order valence-electron chi connectivity index (χ1n) is 7.61. The molecule has 6 heteroatoms. The first-order valence-corrected chi connectivity index (χ1v) is 7.61. The van der Waals surface area contributed by atoms with Crippen LogP contribution in [-0.4, -0.2) is 43.4 Å². The molecule has 21 heavy (non-hydrogen) atoms. The lowest BCUT2D eigenvalue weighted by Gasteiger charge is -2.20. The zero-order valence-electron chi connectivity index (χ0n) is 13.5. The van der Waals surface area contributed by atoms with Crippen LogP contribution in [0.25, 0.3) is 0 Å². The van der Waals surface area contributed by atoms with Crippen molar-refractivity contribution in [3.63, 3.8) is 0 Å². The minimum absolute atomic E-state index is 0.00920. The Bertz CT molecular complexity index is 352. The van der Waals surface area contributed by atoms with Crippen molar-refractivity contribution in [1.82, 2.24) is 10.6 Å². The van der Waals surface area contributed by atoms with E-state index >= 15 is 0 Å². The van der Waals surface area contributed by atoms with Crippen LogP contribution >= 0.6 is 0 Å². The molecule has 0 aliphatic heterocycles. The summed E-state index contributed by atoms with van der Waals surface area (Å²) in [5.41, 5.74) is -0.501. The third-order valence-corrected chi connectivity index (χ3v) is 3.35. The number of carbonyl (C=O) groups is 2. The van der Waals surface area contributed by atoms with E-state index in [1.165, 1.54) is 0 Å². The predicted octanol–water partition coefficient (Wildman–Crippen LogP) is 1.97. The van der Waals surface area contributed by atoms with Crippen LogP contribution in [-0.2, 0) is 14.3 Å². The largest absolute Gasteiger partial charge is 0.444 e. The normalized spacial score (nSPS) is 21.9. The molecule has 0 saturated heterocycles. The van der Waals surface area contributed by atoms with Crippen molar-refractivity contribution in [3.05, 3.63) is 0 Å². The Morgan fingerprint density at radius 1 is 1.24 bits per heavy atom. The van der Waals surface area contributed by atoms with Gasteiger partial charge >= 0.3 is 6.09 Å². The average molecular weight is 300 g/mol. The highest BCUT2D eigenvalue weighted by molar-refractivity contribution is 5.76. The summed E-state index contributed by atoms with van der Waals surface area (Å²) in [4.78, 5) is 23.2. The molecule has 2 unspecified atom stereocenters. The third-order valence-electron chi connectivity index (χ3n) is 3.35. The van der Waals surface area contributed by atoms with E-state index in [4.69, 9.17) is 9.47 Å². The molecule has 2 N–H and O–H groups in total. The molecule has 0 bridgehead atoms. The van der Waals surface area contributed by atoms with Gasteiger partial charge in [-0.3, -0.25) is 4.79 Å². The maximum atomic E-state index is 11.8. The number of nitrogens with one attached hydrogen (secondary N) is 2. The zero-order valence-corrected chi connectivity index (χ0v) is 13.5. The second-order valence-corrected chi connectivity index (χ2v) is 6.41. The molecule has 2 amide bonds. The van der Waals surface area contributed by atoms with E-state index in [0.29, 0.717) is 19.4 Å². The maximum absolute atomic E-state index is 11.8. The van der Waals surface area contributed by atoms with Crippen molar-refractivity contribution in [1.29, 1.82) is 0 Å². The van der Waals surface area contributed by atoms with Crippen LogP contribution in [0.5, 0.6) is 0 Å². The van der Waals surface area contributed by atoms with Crippen molar-refractivity contribution in [2.24, 2.45) is 0 Å². The lowest BCUT2D eigenvalue weighted by Crippen LogP contribution is -2.41. The number of amides is 2. The van der Waals surface area contributed by atoms with E-state index in [1.54, 1.807) is 7.11 Å². The Kier molecular flexibility index (Phi) is 6.95. The molecule has 2 atom stereocenters. The fourth-order valence-electron chi connectivity index (χ4n) is 2.41. The number of ether oxygens (including phenoxy) is 2. The van der Waals surface area contributed by atoms with E-state index in [2.05, 4.69) is 10.6 Å². The first-order chi connectivity index (χ1) is 9.81. The van der Waals surface area contributed by atoms with Gasteiger partial charge in [-0.1, -0.05) is 0 Å². The van der Waals surface area contributed by atoms with Crippen LogP contribution in [0, 0.1) is 0 Å². The Morgan fingerprint density at radius 2 is 1.95 bits per heavy atom. The summed E-state index contributed by atoms with van der Waals surface area (Å²) in [6.07, 6.45) is 3.73. The van der Waals surface area contributed by atoms with Crippen LogP contribution in [0.15, 0.2) is 0 Å². The number of rotatable bonds is 6. The van der Waals surface area contributed by atoms with Crippen LogP contribution in [0.4, 0.5) is 4.79 Å². The van der Waals surface area contributed by atoms with Gasteiger partial charge in [0.2, 0.25) is 5.91 Å². The molecule has 6 nitrogen and oxygen atoms in total. The van der Waals surface area contributed by atoms with E-state index in [-0.39, 0.29) is 18.1 Å². The van der Waals surface area contributed by atoms with Gasteiger partial charge in [0.25, 0.3) is 0 Å². The molecule has 1 aliphatic rings. The van der Waals surface area contributed by atoms with Crippen molar-refractivity contribution in [2.75, 3.05) is 13.7 Å². The summed E-state index contributed by atoms with van der Waals surface area (Å²) < 4.78 is 10.5. The summed E-state index contributed by atoms with van der Waals surface area (Å²) in [7, 11) is 1.68. The molecule has 0 aromatic carbocycles. The molecular formula is C15H28N2O4. The van der Waals surface area contributed by atoms with Crippen LogP contribution in [0.2, 0.25) is 0 Å². The highest BCUT2D eigenvalue weighted by Crippen LogP contribution is 2.21. The standard InChI is InChI=1S/C15H28N2O4/c1-15(2,3)21-14(19)16-10-6-9-13(18)17-11-7-5-8-12(11)20-4/h11-12H,5-10H2,1-4H3,(H,16,19)(H,17,18). The summed E-state index contributed by atoms with van der Waals surface area (Å²) >= 11 is 0. The summed E-state index contributed by atoms with van der Waals surface area (Å²) in [5, 5.41) is 5.64. The Labute approximate surface area is 126 Å². The molecule has 0 aromatic heterocycles. The van der Waals surface area contributed by atoms with Gasteiger partial charge < -0.3 is 20.1 Å². The smallest absolute Gasteiger partial charge is 0.407 e. The van der Waals surface area contributed by atoms with Crippen LogP contribution < -0.4 is 10.6 Å². The average Bonchev–Trinajstić information content (AvgIpc) is 2.79. The number of methoxy groups -OCH3 is 1. The van der Waals surface area contributed by atoms with Gasteiger partial charge in [0.15, 0.2) is 0 Å². The molecule has 0 spiro atoms. The number of hydrogen-bond acceptors (Lipinski definition) is 4.